The first-order valence-electron chi connectivity index (χ1n) is 8.86. The molecule has 1 saturated heterocycles. The molecule has 140 valence electrons. The molecule has 2 heterocycles. The molecule has 1 amide bonds. The van der Waals surface area contributed by atoms with Crippen LogP contribution < -0.4 is 5.32 Å². The normalized spacial score (nSPS) is 15.1. The highest BCUT2D eigenvalue weighted by molar-refractivity contribution is 5.75. The predicted molar refractivity (Wildman–Crippen MR) is 92.9 cm³/mol. The van der Waals surface area contributed by atoms with Gasteiger partial charge in [-0.25, -0.2) is 4.39 Å². The average molecular weight is 362 g/mol. The molecule has 1 aliphatic rings. The molecule has 2 aromatic rings. The van der Waals surface area contributed by atoms with Gasteiger partial charge in [0, 0.05) is 32.5 Å². The molecule has 1 aromatic heterocycles. The maximum atomic E-state index is 13.7. The van der Waals surface area contributed by atoms with E-state index < -0.39 is 5.82 Å². The summed E-state index contributed by atoms with van der Waals surface area (Å²) in [5.74, 6) is 0.0613. The van der Waals surface area contributed by atoms with Gasteiger partial charge in [0.25, 0.3) is 0 Å². The Labute approximate surface area is 151 Å². The number of amides is 1. The van der Waals surface area contributed by atoms with Crippen LogP contribution in [0.2, 0.25) is 0 Å². The number of rotatable bonds is 8. The average Bonchev–Trinajstić information content (AvgIpc) is 3.13. The third kappa shape index (κ3) is 5.34. The van der Waals surface area contributed by atoms with E-state index in [1.807, 2.05) is 0 Å². The number of hydrogen-bond acceptors (Lipinski definition) is 6. The van der Waals surface area contributed by atoms with E-state index in [0.717, 1.165) is 39.3 Å². The second-order valence-corrected chi connectivity index (χ2v) is 6.15. The first kappa shape index (κ1) is 18.5. The minimum absolute atomic E-state index is 0.0578. The van der Waals surface area contributed by atoms with Crippen molar-refractivity contribution in [2.45, 2.75) is 19.3 Å². The molecule has 0 aliphatic carbocycles. The molecule has 3 rings (SSSR count). The lowest BCUT2D eigenvalue weighted by molar-refractivity contribution is -0.121. The molecule has 0 spiro atoms. The second kappa shape index (κ2) is 9.40. The summed E-state index contributed by atoms with van der Waals surface area (Å²) in [7, 11) is 0. The van der Waals surface area contributed by atoms with Gasteiger partial charge in [0.1, 0.15) is 5.82 Å². The smallest absolute Gasteiger partial charge is 0.227 e. The zero-order chi connectivity index (χ0) is 18.2. The van der Waals surface area contributed by atoms with Crippen molar-refractivity contribution in [3.8, 4) is 11.4 Å². The lowest BCUT2D eigenvalue weighted by atomic mass is 10.2. The van der Waals surface area contributed by atoms with Gasteiger partial charge in [-0.1, -0.05) is 17.3 Å². The van der Waals surface area contributed by atoms with Crippen LogP contribution in [0.15, 0.2) is 28.8 Å². The predicted octanol–water partition coefficient (Wildman–Crippen LogP) is 1.65. The minimum atomic E-state index is -0.405. The minimum Gasteiger partial charge on any atom is -0.379 e. The molecule has 1 aromatic carbocycles. The van der Waals surface area contributed by atoms with E-state index in [4.69, 9.17) is 9.26 Å². The Morgan fingerprint density at radius 3 is 2.88 bits per heavy atom. The Morgan fingerprint density at radius 2 is 2.08 bits per heavy atom. The number of carbonyl (C=O) groups is 1. The summed E-state index contributed by atoms with van der Waals surface area (Å²) in [6, 6.07) is 6.24. The number of hydrogen-bond donors (Lipinski definition) is 1. The molecule has 1 aliphatic heterocycles. The van der Waals surface area contributed by atoms with Gasteiger partial charge in [0.15, 0.2) is 0 Å². The van der Waals surface area contributed by atoms with Gasteiger partial charge in [-0.3, -0.25) is 9.69 Å². The van der Waals surface area contributed by atoms with Gasteiger partial charge in [-0.15, -0.1) is 0 Å². The SMILES string of the molecule is O=C(CCc1nc(-c2ccccc2F)no1)NCCCN1CCOCC1. The summed E-state index contributed by atoms with van der Waals surface area (Å²) in [6.07, 6.45) is 1.50. The molecule has 0 unspecified atom stereocenters. The number of aromatic nitrogens is 2. The number of benzene rings is 1. The van der Waals surface area contributed by atoms with Gasteiger partial charge in [-0.05, 0) is 25.1 Å². The molecule has 0 atom stereocenters. The van der Waals surface area contributed by atoms with E-state index in [2.05, 4.69) is 20.4 Å². The fourth-order valence-corrected chi connectivity index (χ4v) is 2.77. The quantitative estimate of drug-likeness (QED) is 0.719. The van der Waals surface area contributed by atoms with Crippen molar-refractivity contribution in [1.82, 2.24) is 20.4 Å². The summed E-state index contributed by atoms with van der Waals surface area (Å²) in [5.41, 5.74) is 0.287. The zero-order valence-corrected chi connectivity index (χ0v) is 14.6. The summed E-state index contributed by atoms with van der Waals surface area (Å²) in [4.78, 5) is 18.4. The number of morpholine rings is 1. The maximum absolute atomic E-state index is 13.7. The van der Waals surface area contributed by atoms with Gasteiger partial charge < -0.3 is 14.6 Å². The first-order valence-corrected chi connectivity index (χ1v) is 8.86. The van der Waals surface area contributed by atoms with Crippen molar-refractivity contribution in [3.63, 3.8) is 0 Å². The molecule has 1 fully saturated rings. The highest BCUT2D eigenvalue weighted by atomic mass is 19.1. The van der Waals surface area contributed by atoms with Gasteiger partial charge >= 0.3 is 0 Å². The Bertz CT molecular complexity index is 716. The zero-order valence-electron chi connectivity index (χ0n) is 14.6. The lowest BCUT2D eigenvalue weighted by Crippen LogP contribution is -2.38. The summed E-state index contributed by atoms with van der Waals surface area (Å²) >= 11 is 0. The third-order valence-electron chi connectivity index (χ3n) is 4.23. The van der Waals surface area contributed by atoms with Crippen LogP contribution in [0.25, 0.3) is 11.4 Å². The van der Waals surface area contributed by atoms with E-state index in [0.29, 0.717) is 18.9 Å². The molecule has 0 bridgehead atoms. The molecule has 0 radical (unpaired) electrons. The van der Waals surface area contributed by atoms with Gasteiger partial charge in [0.05, 0.1) is 18.8 Å². The van der Waals surface area contributed by atoms with Gasteiger partial charge in [0.2, 0.25) is 17.6 Å². The van der Waals surface area contributed by atoms with E-state index in [1.54, 1.807) is 18.2 Å². The molecule has 7 nitrogen and oxygen atoms in total. The fraction of sp³-hybridized carbons (Fsp3) is 0.500. The van der Waals surface area contributed by atoms with E-state index in [-0.39, 0.29) is 23.7 Å². The molecule has 8 heteroatoms. The van der Waals surface area contributed by atoms with Crippen LogP contribution in [-0.4, -0.2) is 60.3 Å². The van der Waals surface area contributed by atoms with Crippen LogP contribution in [0.5, 0.6) is 0 Å². The van der Waals surface area contributed by atoms with Crippen molar-refractivity contribution < 1.29 is 18.4 Å². The topological polar surface area (TPSA) is 80.5 Å². The van der Waals surface area contributed by atoms with Crippen LogP contribution >= 0.6 is 0 Å². The fourth-order valence-electron chi connectivity index (χ4n) is 2.77. The van der Waals surface area contributed by atoms with Crippen molar-refractivity contribution >= 4 is 5.91 Å². The van der Waals surface area contributed by atoms with E-state index in [9.17, 15) is 9.18 Å². The van der Waals surface area contributed by atoms with Crippen LogP contribution in [0, 0.1) is 5.82 Å². The molecular weight excluding hydrogens is 339 g/mol. The van der Waals surface area contributed by atoms with Crippen molar-refractivity contribution in [1.29, 1.82) is 0 Å². The van der Waals surface area contributed by atoms with Crippen molar-refractivity contribution in [3.05, 3.63) is 36.0 Å². The number of aryl methyl sites for hydroxylation is 1. The Hall–Kier alpha value is -2.32. The van der Waals surface area contributed by atoms with Crippen molar-refractivity contribution in [2.24, 2.45) is 0 Å². The number of nitrogens with one attached hydrogen (secondary N) is 1. The Kier molecular flexibility index (Phi) is 6.68. The third-order valence-corrected chi connectivity index (χ3v) is 4.23. The van der Waals surface area contributed by atoms with Gasteiger partial charge in [-0.2, -0.15) is 4.98 Å². The molecule has 1 N–H and O–H groups in total. The highest BCUT2D eigenvalue weighted by Gasteiger charge is 2.13. The number of halogens is 1. The van der Waals surface area contributed by atoms with Crippen LogP contribution in [0.4, 0.5) is 4.39 Å². The number of carbonyl (C=O) groups excluding carboxylic acids is 1. The standard InChI is InChI=1S/C18H23FN4O3/c19-15-5-2-1-4-14(15)18-21-17(26-22-18)7-6-16(24)20-8-3-9-23-10-12-25-13-11-23/h1-2,4-5H,3,6-13H2,(H,20,24). The molecule has 26 heavy (non-hydrogen) atoms. The highest BCUT2D eigenvalue weighted by Crippen LogP contribution is 2.19. The second-order valence-electron chi connectivity index (χ2n) is 6.15. The largest absolute Gasteiger partial charge is 0.379 e. The number of nitrogens with zero attached hydrogens (tertiary/aromatic N) is 3. The lowest BCUT2D eigenvalue weighted by Gasteiger charge is -2.26. The molecule has 0 saturated carbocycles. The monoisotopic (exact) mass is 362 g/mol. The summed E-state index contributed by atoms with van der Waals surface area (Å²) < 4.78 is 24.1. The maximum Gasteiger partial charge on any atom is 0.227 e. The Balaban J connectivity index is 1.36. The van der Waals surface area contributed by atoms with E-state index in [1.165, 1.54) is 6.07 Å². The summed E-state index contributed by atoms with van der Waals surface area (Å²) in [6.45, 7) is 5.07. The van der Waals surface area contributed by atoms with Crippen LogP contribution in [-0.2, 0) is 16.0 Å². The first-order chi connectivity index (χ1) is 12.7. The number of ether oxygens (including phenoxy) is 1. The molecular formula is C18H23FN4O3. The van der Waals surface area contributed by atoms with Crippen LogP contribution in [0.1, 0.15) is 18.7 Å². The van der Waals surface area contributed by atoms with Crippen molar-refractivity contribution in [2.75, 3.05) is 39.4 Å². The summed E-state index contributed by atoms with van der Waals surface area (Å²) in [5, 5.41) is 6.67. The van der Waals surface area contributed by atoms with E-state index >= 15 is 0 Å². The van der Waals surface area contributed by atoms with Crippen LogP contribution in [0.3, 0.4) is 0 Å². The Morgan fingerprint density at radius 1 is 1.27 bits per heavy atom.